The van der Waals surface area contributed by atoms with Crippen molar-refractivity contribution < 1.29 is 0 Å². The molecule has 0 amide bonds. The van der Waals surface area contributed by atoms with E-state index in [1.54, 1.807) is 0 Å². The molecule has 3 unspecified atom stereocenters. The van der Waals surface area contributed by atoms with Crippen molar-refractivity contribution in [3.8, 4) is 0 Å². The standard InChI is InChI=1S/C9H16N2O/c1-9(3-4-10-12)6-8-2-5-11(9)7-8/h8H,2-7H2,1H3. The lowest BCUT2D eigenvalue weighted by atomic mass is 9.87. The van der Waals surface area contributed by atoms with Crippen molar-refractivity contribution in [2.75, 3.05) is 19.6 Å². The van der Waals surface area contributed by atoms with Gasteiger partial charge in [0, 0.05) is 12.1 Å². The summed E-state index contributed by atoms with van der Waals surface area (Å²) in [6.07, 6.45) is 3.60. The maximum Gasteiger partial charge on any atom is 0.0828 e. The second kappa shape index (κ2) is 2.80. The summed E-state index contributed by atoms with van der Waals surface area (Å²) in [6.45, 7) is 5.26. The molecule has 2 heterocycles. The molecule has 3 atom stereocenters. The van der Waals surface area contributed by atoms with Crippen LogP contribution in [0.3, 0.4) is 0 Å². The Kier molecular flexibility index (Phi) is 1.91. The van der Waals surface area contributed by atoms with Crippen molar-refractivity contribution in [3.05, 3.63) is 4.91 Å². The van der Waals surface area contributed by atoms with Gasteiger partial charge in [0.05, 0.1) is 6.54 Å². The summed E-state index contributed by atoms with van der Waals surface area (Å²) in [6, 6.07) is 0. The first-order chi connectivity index (χ1) is 5.74. The Hall–Kier alpha value is -0.440. The molecule has 0 N–H and O–H groups in total. The molecule has 2 rings (SSSR count). The number of hydrogen-bond donors (Lipinski definition) is 0. The number of rotatable bonds is 3. The van der Waals surface area contributed by atoms with Crippen molar-refractivity contribution >= 4 is 0 Å². The van der Waals surface area contributed by atoms with Gasteiger partial charge in [-0.15, -0.1) is 0 Å². The van der Waals surface area contributed by atoms with Crippen molar-refractivity contribution in [2.24, 2.45) is 11.1 Å². The van der Waals surface area contributed by atoms with E-state index in [9.17, 15) is 4.91 Å². The van der Waals surface area contributed by atoms with E-state index in [1.807, 2.05) is 0 Å². The molecule has 12 heavy (non-hydrogen) atoms. The Morgan fingerprint density at radius 1 is 1.67 bits per heavy atom. The lowest BCUT2D eigenvalue weighted by molar-refractivity contribution is 0.144. The van der Waals surface area contributed by atoms with E-state index in [2.05, 4.69) is 17.0 Å². The summed E-state index contributed by atoms with van der Waals surface area (Å²) in [5, 5.41) is 2.95. The molecule has 2 aliphatic rings. The normalized spacial score (nSPS) is 45.1. The second-order valence-electron chi connectivity index (χ2n) is 4.40. The van der Waals surface area contributed by atoms with Gasteiger partial charge in [-0.25, -0.2) is 0 Å². The van der Waals surface area contributed by atoms with Gasteiger partial charge < -0.3 is 0 Å². The van der Waals surface area contributed by atoms with Gasteiger partial charge in [-0.05, 0) is 38.6 Å². The molecule has 2 bridgehead atoms. The lowest BCUT2D eigenvalue weighted by Crippen LogP contribution is -2.42. The molecule has 0 saturated carbocycles. The van der Waals surface area contributed by atoms with Crippen LogP contribution >= 0.6 is 0 Å². The lowest BCUT2D eigenvalue weighted by Gasteiger charge is -2.35. The summed E-state index contributed by atoms with van der Waals surface area (Å²) < 4.78 is 0. The third kappa shape index (κ3) is 1.16. The SMILES string of the molecule is CC1(CCN=O)CC2CCN1C2. The van der Waals surface area contributed by atoms with Crippen LogP contribution in [0.25, 0.3) is 0 Å². The summed E-state index contributed by atoms with van der Waals surface area (Å²) in [4.78, 5) is 12.6. The van der Waals surface area contributed by atoms with Gasteiger partial charge in [-0.3, -0.25) is 4.90 Å². The van der Waals surface area contributed by atoms with Crippen molar-refractivity contribution in [1.82, 2.24) is 4.90 Å². The predicted molar refractivity (Wildman–Crippen MR) is 48.0 cm³/mol. The van der Waals surface area contributed by atoms with Crippen LogP contribution in [-0.2, 0) is 0 Å². The summed E-state index contributed by atoms with van der Waals surface area (Å²) in [5.41, 5.74) is 0.302. The van der Waals surface area contributed by atoms with E-state index < -0.39 is 0 Å². The molecule has 2 aliphatic heterocycles. The Morgan fingerprint density at radius 3 is 3.00 bits per heavy atom. The van der Waals surface area contributed by atoms with Gasteiger partial charge in [0.15, 0.2) is 0 Å². The molecule has 0 spiro atoms. The fourth-order valence-electron chi connectivity index (χ4n) is 2.79. The van der Waals surface area contributed by atoms with Crippen LogP contribution in [0.4, 0.5) is 0 Å². The molecule has 0 aliphatic carbocycles. The van der Waals surface area contributed by atoms with E-state index in [0.717, 1.165) is 12.3 Å². The predicted octanol–water partition coefficient (Wildman–Crippen LogP) is 1.63. The molecule has 0 aromatic heterocycles. The highest BCUT2D eigenvalue weighted by molar-refractivity contribution is 5.00. The molecule has 3 heteroatoms. The summed E-state index contributed by atoms with van der Waals surface area (Å²) in [5.74, 6) is 0.904. The molecule has 3 nitrogen and oxygen atoms in total. The Labute approximate surface area is 73.1 Å². The van der Waals surface area contributed by atoms with Crippen LogP contribution in [0.15, 0.2) is 5.18 Å². The summed E-state index contributed by atoms with van der Waals surface area (Å²) in [7, 11) is 0. The maximum absolute atomic E-state index is 10.0. The Bertz CT molecular complexity index is 195. The van der Waals surface area contributed by atoms with E-state index in [-0.39, 0.29) is 0 Å². The van der Waals surface area contributed by atoms with E-state index in [4.69, 9.17) is 0 Å². The van der Waals surface area contributed by atoms with E-state index in [1.165, 1.54) is 25.9 Å². The van der Waals surface area contributed by atoms with Crippen molar-refractivity contribution in [3.63, 3.8) is 0 Å². The zero-order valence-corrected chi connectivity index (χ0v) is 7.62. The monoisotopic (exact) mass is 168 g/mol. The maximum atomic E-state index is 10.0. The number of fused-ring (bicyclic) bond motifs is 2. The van der Waals surface area contributed by atoms with Crippen LogP contribution in [0.1, 0.15) is 26.2 Å². The fraction of sp³-hybridized carbons (Fsp3) is 1.00. The molecular weight excluding hydrogens is 152 g/mol. The Balaban J connectivity index is 1.97. The highest BCUT2D eigenvalue weighted by atomic mass is 16.3. The molecule has 68 valence electrons. The first-order valence-corrected chi connectivity index (χ1v) is 4.79. The molecule has 0 aromatic rings. The average Bonchev–Trinajstić information content (AvgIpc) is 2.60. The van der Waals surface area contributed by atoms with Crippen molar-refractivity contribution in [2.45, 2.75) is 31.7 Å². The molecule has 0 aromatic carbocycles. The second-order valence-corrected chi connectivity index (χ2v) is 4.40. The van der Waals surface area contributed by atoms with Gasteiger partial charge in [0.2, 0.25) is 0 Å². The molecular formula is C9H16N2O. The van der Waals surface area contributed by atoms with Gasteiger partial charge in [-0.1, -0.05) is 5.18 Å². The topological polar surface area (TPSA) is 32.7 Å². The van der Waals surface area contributed by atoms with Gasteiger partial charge >= 0.3 is 0 Å². The number of hydrogen-bond acceptors (Lipinski definition) is 3. The third-order valence-corrected chi connectivity index (χ3v) is 3.52. The number of piperidine rings is 1. The zero-order valence-electron chi connectivity index (χ0n) is 7.62. The van der Waals surface area contributed by atoms with Crippen LogP contribution in [-0.4, -0.2) is 30.1 Å². The molecule has 2 saturated heterocycles. The zero-order chi connectivity index (χ0) is 8.60. The smallest absolute Gasteiger partial charge is 0.0828 e. The van der Waals surface area contributed by atoms with Gasteiger partial charge in [0.25, 0.3) is 0 Å². The quantitative estimate of drug-likeness (QED) is 0.600. The minimum absolute atomic E-state index is 0.302. The number of nitrogens with zero attached hydrogens (tertiary/aromatic N) is 2. The third-order valence-electron chi connectivity index (χ3n) is 3.52. The van der Waals surface area contributed by atoms with E-state index in [0.29, 0.717) is 12.1 Å². The fourth-order valence-corrected chi connectivity index (χ4v) is 2.79. The van der Waals surface area contributed by atoms with Crippen LogP contribution in [0.5, 0.6) is 0 Å². The van der Waals surface area contributed by atoms with Crippen LogP contribution in [0, 0.1) is 10.8 Å². The Morgan fingerprint density at radius 2 is 2.50 bits per heavy atom. The molecule has 2 fully saturated rings. The number of nitroso groups, excluding NO2 is 1. The van der Waals surface area contributed by atoms with Gasteiger partial charge in [-0.2, -0.15) is 4.91 Å². The van der Waals surface area contributed by atoms with Crippen LogP contribution < -0.4 is 0 Å². The minimum Gasteiger partial charge on any atom is -0.298 e. The average molecular weight is 168 g/mol. The minimum atomic E-state index is 0.302. The van der Waals surface area contributed by atoms with Crippen LogP contribution in [0.2, 0.25) is 0 Å². The molecule has 0 radical (unpaired) electrons. The highest BCUT2D eigenvalue weighted by Crippen LogP contribution is 2.42. The summed E-state index contributed by atoms with van der Waals surface area (Å²) >= 11 is 0. The van der Waals surface area contributed by atoms with Gasteiger partial charge in [0.1, 0.15) is 0 Å². The highest BCUT2D eigenvalue weighted by Gasteiger charge is 2.45. The largest absolute Gasteiger partial charge is 0.298 e. The first-order valence-electron chi connectivity index (χ1n) is 4.79. The first kappa shape index (κ1) is 8.17. The van der Waals surface area contributed by atoms with E-state index >= 15 is 0 Å². The van der Waals surface area contributed by atoms with Crippen molar-refractivity contribution in [1.29, 1.82) is 0 Å².